The van der Waals surface area contributed by atoms with Gasteiger partial charge in [-0.25, -0.2) is 14.6 Å². The number of rotatable bonds is 4. The molecule has 0 amide bonds. The zero-order chi connectivity index (χ0) is 21.8. The summed E-state index contributed by atoms with van der Waals surface area (Å²) in [6, 6.07) is 3.94. The Bertz CT molecular complexity index is 1080. The third-order valence-corrected chi connectivity index (χ3v) is 5.82. The lowest BCUT2D eigenvalue weighted by molar-refractivity contribution is -0.157. The molecule has 3 aromatic heterocycles. The molecule has 0 aromatic carbocycles. The van der Waals surface area contributed by atoms with E-state index in [-0.39, 0.29) is 12.4 Å². The number of fused-ring (bicyclic) bond motifs is 1. The maximum absolute atomic E-state index is 12.6. The maximum Gasteiger partial charge on any atom is 0.470 e. The van der Waals surface area contributed by atoms with Gasteiger partial charge in [0.05, 0.1) is 12.2 Å². The average molecular weight is 434 g/mol. The first-order valence-electron chi connectivity index (χ1n) is 9.99. The van der Waals surface area contributed by atoms with E-state index in [0.29, 0.717) is 11.8 Å². The highest BCUT2D eigenvalue weighted by Gasteiger charge is 2.42. The van der Waals surface area contributed by atoms with E-state index in [9.17, 15) is 13.2 Å². The van der Waals surface area contributed by atoms with Gasteiger partial charge in [-0.1, -0.05) is 0 Å². The van der Waals surface area contributed by atoms with E-state index in [1.165, 1.54) is 0 Å². The van der Waals surface area contributed by atoms with Gasteiger partial charge in [0.1, 0.15) is 12.1 Å². The van der Waals surface area contributed by atoms with Crippen LogP contribution >= 0.6 is 0 Å². The molecule has 0 aliphatic carbocycles. The molecule has 5 heterocycles. The van der Waals surface area contributed by atoms with Crippen molar-refractivity contribution in [3.63, 3.8) is 0 Å². The minimum absolute atomic E-state index is 0.00511. The highest BCUT2D eigenvalue weighted by atomic mass is 19.4. The van der Waals surface area contributed by atoms with E-state index >= 15 is 0 Å². The van der Waals surface area contributed by atoms with Crippen LogP contribution in [0.2, 0.25) is 0 Å². The first-order valence-corrected chi connectivity index (χ1v) is 9.99. The third-order valence-electron chi connectivity index (χ3n) is 5.82. The molecule has 5 rings (SSSR count). The van der Waals surface area contributed by atoms with Crippen LogP contribution in [0.3, 0.4) is 0 Å². The molecule has 2 aliphatic rings. The molecule has 2 aliphatic heterocycles. The summed E-state index contributed by atoms with van der Waals surface area (Å²) in [5.41, 5.74) is 1.93. The van der Waals surface area contributed by atoms with Gasteiger partial charge in [0.2, 0.25) is 5.89 Å². The Balaban J connectivity index is 1.23. The summed E-state index contributed by atoms with van der Waals surface area (Å²) in [6.07, 6.45) is -3.06. The Hall–Kier alpha value is -3.02. The van der Waals surface area contributed by atoms with Crippen molar-refractivity contribution in [3.05, 3.63) is 41.6 Å². The van der Waals surface area contributed by atoms with E-state index < -0.39 is 12.1 Å². The molecule has 2 saturated heterocycles. The highest BCUT2D eigenvalue weighted by Crippen LogP contribution is 2.34. The molecule has 9 nitrogen and oxygen atoms in total. The number of nitrogens with zero attached hydrogens (tertiary/aromatic N) is 8. The van der Waals surface area contributed by atoms with Crippen LogP contribution in [0.15, 0.2) is 22.9 Å². The topological polar surface area (TPSA) is 89.0 Å². The van der Waals surface area contributed by atoms with E-state index in [1.54, 1.807) is 11.0 Å². The van der Waals surface area contributed by atoms with Crippen molar-refractivity contribution in [2.75, 3.05) is 31.1 Å². The third kappa shape index (κ3) is 3.87. The Labute approximate surface area is 175 Å². The van der Waals surface area contributed by atoms with Gasteiger partial charge < -0.3 is 9.32 Å². The van der Waals surface area contributed by atoms with E-state index in [4.69, 9.17) is 4.42 Å². The lowest BCUT2D eigenvalue weighted by Crippen LogP contribution is -2.29. The number of anilines is 1. The second kappa shape index (κ2) is 7.29. The minimum Gasteiger partial charge on any atom is -0.416 e. The average Bonchev–Trinajstić information content (AvgIpc) is 3.45. The molecule has 0 saturated carbocycles. The molecule has 2 unspecified atom stereocenters. The number of hydrogen-bond acceptors (Lipinski definition) is 8. The lowest BCUT2D eigenvalue weighted by atomic mass is 10.0. The standard InChI is InChI=1S/C19H21F3N8O/c1-11-3-12(2)30(27-11)16-4-15(23-10-24-16)29-7-13-5-28(6-14(13)8-29)9-17-25-26-18(31-17)19(20,21)22/h3-4,10,13-14H,5-9H2,1-2H3. The van der Waals surface area contributed by atoms with Crippen LogP contribution in [0.1, 0.15) is 23.2 Å². The number of alkyl halides is 3. The number of halogens is 3. The van der Waals surface area contributed by atoms with Crippen LogP contribution in [0.5, 0.6) is 0 Å². The number of likely N-dealkylation sites (tertiary alicyclic amines) is 1. The van der Waals surface area contributed by atoms with Crippen molar-refractivity contribution < 1.29 is 17.6 Å². The zero-order valence-electron chi connectivity index (χ0n) is 17.0. The lowest BCUT2D eigenvalue weighted by Gasteiger charge is -2.21. The van der Waals surface area contributed by atoms with Crippen LogP contribution < -0.4 is 4.90 Å². The maximum atomic E-state index is 12.6. The van der Waals surface area contributed by atoms with E-state index in [2.05, 4.69) is 35.1 Å². The van der Waals surface area contributed by atoms with Crippen molar-refractivity contribution in [2.24, 2.45) is 11.8 Å². The smallest absolute Gasteiger partial charge is 0.416 e. The van der Waals surface area contributed by atoms with Gasteiger partial charge in [-0.15, -0.1) is 10.2 Å². The van der Waals surface area contributed by atoms with E-state index in [1.807, 2.05) is 26.0 Å². The van der Waals surface area contributed by atoms with Gasteiger partial charge in [-0.2, -0.15) is 18.3 Å². The molecule has 0 N–H and O–H groups in total. The second-order valence-corrected chi connectivity index (χ2v) is 8.19. The number of hydrogen-bond donors (Lipinski definition) is 0. The normalized spacial score (nSPS) is 21.8. The number of aryl methyl sites for hydroxylation is 2. The van der Waals surface area contributed by atoms with Crippen molar-refractivity contribution in [1.29, 1.82) is 0 Å². The molecule has 2 atom stereocenters. The van der Waals surface area contributed by atoms with Gasteiger partial charge in [0, 0.05) is 37.9 Å². The Kier molecular flexibility index (Phi) is 4.68. The van der Waals surface area contributed by atoms with Gasteiger partial charge in [0.15, 0.2) is 5.82 Å². The molecule has 3 aromatic rings. The fraction of sp³-hybridized carbons (Fsp3) is 0.526. The molecule has 12 heteroatoms. The predicted molar refractivity (Wildman–Crippen MR) is 102 cm³/mol. The van der Waals surface area contributed by atoms with Gasteiger partial charge in [-0.3, -0.25) is 4.90 Å². The molecule has 0 bridgehead atoms. The Morgan fingerprint density at radius 3 is 2.32 bits per heavy atom. The summed E-state index contributed by atoms with van der Waals surface area (Å²) in [6.45, 7) is 7.33. The van der Waals surface area contributed by atoms with Crippen LogP contribution in [-0.2, 0) is 12.7 Å². The van der Waals surface area contributed by atoms with Crippen molar-refractivity contribution in [2.45, 2.75) is 26.6 Å². The molecule has 164 valence electrons. The van der Waals surface area contributed by atoms with Crippen LogP contribution in [0.4, 0.5) is 19.0 Å². The Morgan fingerprint density at radius 1 is 1.00 bits per heavy atom. The van der Waals surface area contributed by atoms with Crippen molar-refractivity contribution >= 4 is 5.82 Å². The van der Waals surface area contributed by atoms with E-state index in [0.717, 1.165) is 49.2 Å². The fourth-order valence-corrected chi connectivity index (χ4v) is 4.52. The van der Waals surface area contributed by atoms with Crippen LogP contribution in [-0.4, -0.2) is 61.0 Å². The summed E-state index contributed by atoms with van der Waals surface area (Å²) in [5.74, 6) is 1.08. The first kappa shape index (κ1) is 19.9. The van der Waals surface area contributed by atoms with Gasteiger partial charge in [0.25, 0.3) is 0 Å². The summed E-state index contributed by atoms with van der Waals surface area (Å²) in [4.78, 5) is 13.1. The number of aromatic nitrogens is 6. The quantitative estimate of drug-likeness (QED) is 0.618. The second-order valence-electron chi connectivity index (χ2n) is 8.19. The highest BCUT2D eigenvalue weighted by molar-refractivity contribution is 5.45. The fourth-order valence-electron chi connectivity index (χ4n) is 4.52. The summed E-state index contributed by atoms with van der Waals surface area (Å²) >= 11 is 0. The first-order chi connectivity index (χ1) is 14.8. The molecule has 0 radical (unpaired) electrons. The molecular formula is C19H21F3N8O. The Morgan fingerprint density at radius 2 is 1.71 bits per heavy atom. The van der Waals surface area contributed by atoms with Crippen LogP contribution in [0, 0.1) is 25.7 Å². The summed E-state index contributed by atoms with van der Waals surface area (Å²) < 4.78 is 44.5. The minimum atomic E-state index is -4.61. The SMILES string of the molecule is Cc1cc(C)n(-c2cc(N3CC4CN(Cc5nnc(C(F)(F)F)o5)CC4C3)ncn2)n1. The largest absolute Gasteiger partial charge is 0.470 e. The molecule has 31 heavy (non-hydrogen) atoms. The van der Waals surface area contributed by atoms with Gasteiger partial charge >= 0.3 is 12.1 Å². The summed E-state index contributed by atoms with van der Waals surface area (Å²) in [7, 11) is 0. The van der Waals surface area contributed by atoms with Crippen molar-refractivity contribution in [1.82, 2.24) is 34.8 Å². The summed E-state index contributed by atoms with van der Waals surface area (Å²) in [5, 5.41) is 11.1. The molecular weight excluding hydrogens is 413 g/mol. The monoisotopic (exact) mass is 434 g/mol. The zero-order valence-corrected chi connectivity index (χ0v) is 17.0. The molecule has 2 fully saturated rings. The van der Waals surface area contributed by atoms with Crippen molar-refractivity contribution in [3.8, 4) is 5.82 Å². The van der Waals surface area contributed by atoms with Crippen LogP contribution in [0.25, 0.3) is 5.82 Å². The molecule has 0 spiro atoms. The van der Waals surface area contributed by atoms with Gasteiger partial charge in [-0.05, 0) is 31.7 Å². The predicted octanol–water partition coefficient (Wildman–Crippen LogP) is 2.25.